The van der Waals surface area contributed by atoms with Crippen LogP contribution < -0.4 is 10.2 Å². The van der Waals surface area contributed by atoms with Gasteiger partial charge in [0, 0.05) is 11.4 Å². The first kappa shape index (κ1) is 25.9. The summed E-state index contributed by atoms with van der Waals surface area (Å²) in [4.78, 5) is 23.3. The molecule has 160 valence electrons. The fourth-order valence-corrected chi connectivity index (χ4v) is 4.60. The molecule has 8 heteroatoms. The second kappa shape index (κ2) is 12.3. The molecule has 0 saturated carbocycles. The lowest BCUT2D eigenvalue weighted by Crippen LogP contribution is -2.59. The quantitative estimate of drug-likeness (QED) is 0.304. The maximum Gasteiger partial charge on any atom is 0.274 e. The molecule has 2 atom stereocenters. The fourth-order valence-electron chi connectivity index (χ4n) is 3.45. The van der Waals surface area contributed by atoms with Crippen LogP contribution in [0.2, 0.25) is 0 Å². The normalized spacial score (nSPS) is 15.4. The maximum absolute atomic E-state index is 11.9. The molecule has 27 heavy (non-hydrogen) atoms. The minimum absolute atomic E-state index is 0.0334. The highest BCUT2D eigenvalue weighted by atomic mass is 32.2. The lowest BCUT2D eigenvalue weighted by Gasteiger charge is -2.41. The zero-order chi connectivity index (χ0) is 21.1. The van der Waals surface area contributed by atoms with Crippen molar-refractivity contribution in [3.05, 3.63) is 0 Å². The number of carboxylic acid groups (broad SMARTS) is 2. The second-order valence-corrected chi connectivity index (χ2v) is 9.32. The topological polar surface area (TPSA) is 135 Å². The zero-order valence-electron chi connectivity index (χ0n) is 16.7. The summed E-state index contributed by atoms with van der Waals surface area (Å²) in [7, 11) is -5.16. The van der Waals surface area contributed by atoms with Gasteiger partial charge < -0.3 is 19.8 Å². The fraction of sp³-hybridized carbons (Fsp3) is 0.895. The van der Waals surface area contributed by atoms with Crippen molar-refractivity contribution in [3.8, 4) is 0 Å². The highest BCUT2D eigenvalue weighted by molar-refractivity contribution is 7.87. The van der Waals surface area contributed by atoms with Crippen LogP contribution in [0.3, 0.4) is 0 Å². The van der Waals surface area contributed by atoms with Gasteiger partial charge in [-0.1, -0.05) is 78.6 Å². The third kappa shape index (κ3) is 9.06. The Morgan fingerprint density at radius 3 is 1.78 bits per heavy atom. The van der Waals surface area contributed by atoms with Crippen LogP contribution in [0.4, 0.5) is 0 Å². The third-order valence-electron chi connectivity index (χ3n) is 5.06. The van der Waals surface area contributed by atoms with Crippen molar-refractivity contribution >= 4 is 22.1 Å². The number of carboxylic acids is 2. The number of carbonyl (C=O) groups excluding carboxylic acids is 2. The Bertz CT molecular complexity index is 556. The number of unbranched alkanes of at least 4 members (excludes halogenated alkanes) is 7. The number of carbonyl (C=O) groups is 2. The zero-order valence-corrected chi connectivity index (χ0v) is 17.6. The van der Waals surface area contributed by atoms with Crippen LogP contribution in [0.1, 0.15) is 91.4 Å². The summed E-state index contributed by atoms with van der Waals surface area (Å²) in [6, 6.07) is 0. The first-order valence-electron chi connectivity index (χ1n) is 9.87. The molecule has 2 unspecified atom stereocenters. The minimum atomic E-state index is -5.16. The summed E-state index contributed by atoms with van der Waals surface area (Å²) in [5, 5.41) is 20.8. The Kier molecular flexibility index (Phi) is 11.8. The first-order chi connectivity index (χ1) is 12.5. The van der Waals surface area contributed by atoms with Crippen LogP contribution in [0.5, 0.6) is 0 Å². The van der Waals surface area contributed by atoms with E-state index in [2.05, 4.69) is 6.92 Å². The lowest BCUT2D eigenvalue weighted by molar-refractivity contribution is -0.328. The molecule has 0 bridgehead atoms. The molecule has 0 spiro atoms. The van der Waals surface area contributed by atoms with Crippen molar-refractivity contribution in [3.63, 3.8) is 0 Å². The molecule has 0 saturated heterocycles. The van der Waals surface area contributed by atoms with E-state index < -0.39 is 32.7 Å². The van der Waals surface area contributed by atoms with Gasteiger partial charge in [-0.05, 0) is 18.8 Å². The van der Waals surface area contributed by atoms with Crippen LogP contribution in [0.25, 0.3) is 0 Å². The van der Waals surface area contributed by atoms with Gasteiger partial charge in [0.15, 0.2) is 0 Å². The van der Waals surface area contributed by atoms with Crippen molar-refractivity contribution < 1.29 is 32.8 Å². The highest BCUT2D eigenvalue weighted by Crippen LogP contribution is 2.38. The van der Waals surface area contributed by atoms with Gasteiger partial charge in [0.1, 0.15) is 5.25 Å². The predicted molar refractivity (Wildman–Crippen MR) is 99.1 cm³/mol. The SMILES string of the molecule is CCCCCCCCCCC(CCC(C)C)(C(=O)[O-])C(C(=O)[O-])S(=O)(=O)O. The average molecular weight is 407 g/mol. The Hall–Kier alpha value is -1.15. The molecule has 0 aromatic heterocycles. The Balaban J connectivity index is 5.22. The molecule has 0 heterocycles. The number of rotatable bonds is 16. The monoisotopic (exact) mass is 406 g/mol. The Morgan fingerprint density at radius 2 is 1.41 bits per heavy atom. The molecule has 0 radical (unpaired) electrons. The summed E-state index contributed by atoms with van der Waals surface area (Å²) in [6.45, 7) is 5.76. The van der Waals surface area contributed by atoms with Gasteiger partial charge in [-0.25, -0.2) is 0 Å². The minimum Gasteiger partial charge on any atom is -0.549 e. The molecular weight excluding hydrogens is 372 g/mol. The summed E-state index contributed by atoms with van der Waals surface area (Å²) in [5.74, 6) is -3.84. The van der Waals surface area contributed by atoms with Gasteiger partial charge in [-0.2, -0.15) is 8.42 Å². The number of hydrogen-bond donors (Lipinski definition) is 1. The van der Waals surface area contributed by atoms with Crippen LogP contribution >= 0.6 is 0 Å². The van der Waals surface area contributed by atoms with Crippen LogP contribution in [0, 0.1) is 11.3 Å². The maximum atomic E-state index is 11.9. The average Bonchev–Trinajstić information content (AvgIpc) is 2.52. The van der Waals surface area contributed by atoms with Crippen molar-refractivity contribution in [1.82, 2.24) is 0 Å². The van der Waals surface area contributed by atoms with Gasteiger partial charge in [-0.3, -0.25) is 4.55 Å². The van der Waals surface area contributed by atoms with Crippen LogP contribution in [-0.2, 0) is 19.7 Å². The van der Waals surface area contributed by atoms with Gasteiger partial charge in [0.05, 0.1) is 5.97 Å². The first-order valence-corrected chi connectivity index (χ1v) is 11.4. The van der Waals surface area contributed by atoms with E-state index in [1.807, 2.05) is 13.8 Å². The van der Waals surface area contributed by atoms with E-state index in [4.69, 9.17) is 0 Å². The highest BCUT2D eigenvalue weighted by Gasteiger charge is 2.47. The van der Waals surface area contributed by atoms with Gasteiger partial charge in [0.2, 0.25) is 0 Å². The third-order valence-corrected chi connectivity index (χ3v) is 6.30. The Morgan fingerprint density at radius 1 is 0.926 bits per heavy atom. The van der Waals surface area contributed by atoms with Crippen LogP contribution in [-0.4, -0.2) is 30.2 Å². The van der Waals surface area contributed by atoms with Crippen molar-refractivity contribution in [1.29, 1.82) is 0 Å². The molecular formula is C19H34O7S-2. The molecule has 0 aliphatic carbocycles. The molecule has 0 amide bonds. The second-order valence-electron chi connectivity index (χ2n) is 7.82. The number of aliphatic carboxylic acids is 2. The summed E-state index contributed by atoms with van der Waals surface area (Å²) < 4.78 is 32.7. The molecule has 7 nitrogen and oxygen atoms in total. The van der Waals surface area contributed by atoms with Gasteiger partial charge >= 0.3 is 0 Å². The molecule has 0 fully saturated rings. The van der Waals surface area contributed by atoms with E-state index in [1.54, 1.807) is 0 Å². The molecule has 0 aliphatic rings. The van der Waals surface area contributed by atoms with E-state index in [0.717, 1.165) is 32.1 Å². The summed E-state index contributed by atoms with van der Waals surface area (Å²) in [6.07, 6.45) is 7.30. The van der Waals surface area contributed by atoms with E-state index in [0.29, 0.717) is 19.3 Å². The van der Waals surface area contributed by atoms with Crippen molar-refractivity contribution in [2.75, 3.05) is 0 Å². The smallest absolute Gasteiger partial charge is 0.274 e. The predicted octanol–water partition coefficient (Wildman–Crippen LogP) is 1.70. The molecule has 0 rings (SSSR count). The van der Waals surface area contributed by atoms with E-state index in [9.17, 15) is 32.8 Å². The van der Waals surface area contributed by atoms with E-state index in [1.165, 1.54) is 6.42 Å². The largest absolute Gasteiger partial charge is 0.549 e. The molecule has 0 aromatic carbocycles. The van der Waals surface area contributed by atoms with Crippen molar-refractivity contribution in [2.24, 2.45) is 11.3 Å². The van der Waals surface area contributed by atoms with Gasteiger partial charge in [-0.15, -0.1) is 0 Å². The van der Waals surface area contributed by atoms with Crippen LogP contribution in [0.15, 0.2) is 0 Å². The number of hydrogen-bond acceptors (Lipinski definition) is 6. The van der Waals surface area contributed by atoms with Gasteiger partial charge in [0.25, 0.3) is 10.1 Å². The van der Waals surface area contributed by atoms with E-state index >= 15 is 0 Å². The summed E-state index contributed by atoms with van der Waals surface area (Å²) in [5.41, 5.74) is -2.20. The Labute approximate surface area is 163 Å². The summed E-state index contributed by atoms with van der Waals surface area (Å²) >= 11 is 0. The molecule has 1 N–H and O–H groups in total. The standard InChI is InChI=1S/C19H36O7S/c1-4-5-6-7-8-9-10-11-13-19(18(22)23,14-12-15(2)3)16(17(20)21)27(24,25)26/h15-16H,4-14H2,1-3H3,(H,20,21)(H,22,23)(H,24,25,26)/p-2. The lowest BCUT2D eigenvalue weighted by atomic mass is 9.74. The van der Waals surface area contributed by atoms with Crippen molar-refractivity contribution in [2.45, 2.75) is 96.7 Å². The molecule has 0 aromatic rings. The van der Waals surface area contributed by atoms with E-state index in [-0.39, 0.29) is 18.8 Å². The molecule has 0 aliphatic heterocycles.